The van der Waals surface area contributed by atoms with Crippen LogP contribution >= 0.6 is 0 Å². The molecule has 0 aromatic carbocycles. The zero-order valence-electron chi connectivity index (χ0n) is 32.3. The Hall–Kier alpha value is -0.780. The van der Waals surface area contributed by atoms with Gasteiger partial charge in [-0.25, -0.2) is 0 Å². The Kier molecular flexibility index (Phi) is 24.6. The molecular weight excluding hydrogens is 601 g/mol. The average molecular weight is 695 g/mol. The van der Waals surface area contributed by atoms with E-state index in [1.54, 1.807) is 0 Å². The van der Waals surface area contributed by atoms with Crippen molar-refractivity contribution in [1.29, 1.82) is 0 Å². The fraction of sp³-hybridized carbons (Fsp3) is 0.880. The summed E-state index contributed by atoms with van der Waals surface area (Å²) in [5, 5.41) is 0. The predicted molar refractivity (Wildman–Crippen MR) is 230 cm³/mol. The van der Waals surface area contributed by atoms with E-state index in [0.29, 0.717) is 0 Å². The van der Waals surface area contributed by atoms with Crippen molar-refractivity contribution in [3.05, 3.63) is 37.5 Å². The lowest BCUT2D eigenvalue weighted by atomic mass is 9.69. The molecule has 0 N–H and O–H groups in total. The molecule has 0 heterocycles. The van der Waals surface area contributed by atoms with Crippen LogP contribution in [0.15, 0.2) is 37.5 Å². The van der Waals surface area contributed by atoms with Gasteiger partial charge >= 0.3 is 0 Å². The highest BCUT2D eigenvalue weighted by Crippen LogP contribution is 2.44. The monoisotopic (exact) mass is 695 g/mol. The molecule has 0 bridgehead atoms. The molecule has 0 nitrogen and oxygen atoms in total. The number of hydrogen-bond acceptors (Lipinski definition) is 0. The normalized spacial score (nSPS) is 39.0. The van der Waals surface area contributed by atoms with E-state index in [1.165, 1.54) is 161 Å². The molecule has 0 amide bonds. The Morgan fingerprint density at radius 3 is 0.960 bits per heavy atom. The minimum atomic E-state index is 0. The fourth-order valence-corrected chi connectivity index (χ4v) is 11.3. The molecule has 294 valence electrons. The first-order chi connectivity index (χ1) is 22.9. The van der Waals surface area contributed by atoms with E-state index < -0.39 is 0 Å². The Morgan fingerprint density at radius 1 is 0.400 bits per heavy atom. The third-order valence-electron chi connectivity index (χ3n) is 15.0. The molecule has 0 aromatic rings. The highest BCUT2D eigenvalue weighted by Gasteiger charge is 2.31. The molecule has 6 rings (SSSR count). The van der Waals surface area contributed by atoms with Crippen LogP contribution in [0, 0.1) is 71.0 Å². The standard InChI is InChI=1S/2C16H28.C15H26.3CH4/c2*1-3-4-14-7-11-16(12-8-14)15-9-5-13(2)6-10-15;1-3-13-6-10-15(11-7-13)14-8-4-12(2)5-9-14;;;/h3-4,13-16H,5-12H2,1-2H3;3,13-16H,1,4-12H2,2H3;3,12-15H,1,4-11H2,2H3;3*1H4. The van der Waals surface area contributed by atoms with Crippen LogP contribution < -0.4 is 0 Å². The minimum absolute atomic E-state index is 0. The summed E-state index contributed by atoms with van der Waals surface area (Å²) in [5.74, 6) is 12.2. The Morgan fingerprint density at radius 2 is 0.680 bits per heavy atom. The van der Waals surface area contributed by atoms with E-state index in [2.05, 4.69) is 65.2 Å². The first kappa shape index (κ1) is 47.2. The SMILES string of the molecule is C.C.C.C=CC1CCC(C2CCC(C)CC2)CC1.C=CCC1CCC(C2CCC(C)CC2)CC1.CC=CC1CCC(C2CCC(C)CC2)CC1. The van der Waals surface area contributed by atoms with Crippen LogP contribution in [-0.2, 0) is 0 Å². The first-order valence-electron chi connectivity index (χ1n) is 21.7. The van der Waals surface area contributed by atoms with Crippen molar-refractivity contribution >= 4 is 0 Å². The second kappa shape index (κ2) is 26.1. The Balaban J connectivity index is 0.000000364. The summed E-state index contributed by atoms with van der Waals surface area (Å²) in [6.07, 6.45) is 46.1. The average Bonchev–Trinajstić information content (AvgIpc) is 3.11. The number of hydrogen-bond donors (Lipinski definition) is 0. The zero-order chi connectivity index (χ0) is 33.4. The van der Waals surface area contributed by atoms with Crippen LogP contribution in [0.4, 0.5) is 0 Å². The second-order valence-corrected chi connectivity index (χ2v) is 18.5. The van der Waals surface area contributed by atoms with E-state index in [4.69, 9.17) is 0 Å². The highest BCUT2D eigenvalue weighted by molar-refractivity contribution is 4.91. The van der Waals surface area contributed by atoms with E-state index in [1.807, 2.05) is 0 Å². The maximum absolute atomic E-state index is 3.93. The molecule has 0 atom stereocenters. The van der Waals surface area contributed by atoms with Crippen molar-refractivity contribution in [2.24, 2.45) is 71.0 Å². The molecule has 6 aliphatic carbocycles. The molecule has 0 spiro atoms. The summed E-state index contributed by atoms with van der Waals surface area (Å²) in [6.45, 7) is 17.2. The minimum Gasteiger partial charge on any atom is -0.103 e. The molecule has 50 heavy (non-hydrogen) atoms. The predicted octanol–water partition coefficient (Wildman–Crippen LogP) is 17.1. The lowest BCUT2D eigenvalue weighted by Gasteiger charge is -2.37. The summed E-state index contributed by atoms with van der Waals surface area (Å²) in [7, 11) is 0. The molecule has 0 radical (unpaired) electrons. The van der Waals surface area contributed by atoms with Gasteiger partial charge in [0, 0.05) is 0 Å². The van der Waals surface area contributed by atoms with Crippen molar-refractivity contribution in [3.63, 3.8) is 0 Å². The van der Waals surface area contributed by atoms with Crippen LogP contribution in [0.1, 0.15) is 210 Å². The van der Waals surface area contributed by atoms with Gasteiger partial charge in [0.25, 0.3) is 0 Å². The molecule has 6 aliphatic rings. The van der Waals surface area contributed by atoms with Gasteiger partial charge in [0.05, 0.1) is 0 Å². The topological polar surface area (TPSA) is 0 Å². The highest BCUT2D eigenvalue weighted by atomic mass is 14.4. The lowest BCUT2D eigenvalue weighted by molar-refractivity contribution is 0.151. The summed E-state index contributed by atoms with van der Waals surface area (Å²) in [5.41, 5.74) is 0. The molecular formula is C50H94. The van der Waals surface area contributed by atoms with Crippen molar-refractivity contribution in [3.8, 4) is 0 Å². The van der Waals surface area contributed by atoms with E-state index in [-0.39, 0.29) is 22.3 Å². The van der Waals surface area contributed by atoms with E-state index in [9.17, 15) is 0 Å². The van der Waals surface area contributed by atoms with E-state index in [0.717, 1.165) is 71.0 Å². The third kappa shape index (κ3) is 16.1. The van der Waals surface area contributed by atoms with Gasteiger partial charge in [-0.3, -0.25) is 0 Å². The Labute approximate surface area is 318 Å². The second-order valence-electron chi connectivity index (χ2n) is 18.5. The van der Waals surface area contributed by atoms with Gasteiger partial charge in [-0.05, 0) is 200 Å². The van der Waals surface area contributed by atoms with Crippen LogP contribution in [-0.4, -0.2) is 0 Å². The Bertz CT molecular complexity index is 832. The van der Waals surface area contributed by atoms with Gasteiger partial charge in [0.15, 0.2) is 0 Å². The number of rotatable bonds is 7. The van der Waals surface area contributed by atoms with Crippen LogP contribution in [0.2, 0.25) is 0 Å². The van der Waals surface area contributed by atoms with Crippen LogP contribution in [0.5, 0.6) is 0 Å². The van der Waals surface area contributed by atoms with Gasteiger partial charge < -0.3 is 0 Å². The summed E-state index contributed by atoms with van der Waals surface area (Å²) >= 11 is 0. The van der Waals surface area contributed by atoms with Crippen LogP contribution in [0.3, 0.4) is 0 Å². The maximum Gasteiger partial charge on any atom is -0.0233 e. The van der Waals surface area contributed by atoms with Gasteiger partial charge in [-0.1, -0.05) is 106 Å². The maximum atomic E-state index is 3.93. The van der Waals surface area contributed by atoms with Gasteiger partial charge in [0.1, 0.15) is 0 Å². The molecule has 6 saturated carbocycles. The van der Waals surface area contributed by atoms with Crippen molar-refractivity contribution in [2.45, 2.75) is 210 Å². The van der Waals surface area contributed by atoms with E-state index >= 15 is 0 Å². The van der Waals surface area contributed by atoms with Gasteiger partial charge in [0.2, 0.25) is 0 Å². The summed E-state index contributed by atoms with van der Waals surface area (Å²) < 4.78 is 0. The molecule has 0 saturated heterocycles. The van der Waals surface area contributed by atoms with Crippen LogP contribution in [0.25, 0.3) is 0 Å². The van der Waals surface area contributed by atoms with Crippen molar-refractivity contribution < 1.29 is 0 Å². The number of allylic oxidation sites excluding steroid dienone is 4. The summed E-state index contributed by atoms with van der Waals surface area (Å²) in [6, 6.07) is 0. The largest absolute Gasteiger partial charge is 0.103 e. The first-order valence-corrected chi connectivity index (χ1v) is 21.7. The quantitative estimate of drug-likeness (QED) is 0.233. The van der Waals surface area contributed by atoms with Crippen molar-refractivity contribution in [1.82, 2.24) is 0 Å². The van der Waals surface area contributed by atoms with Gasteiger partial charge in [-0.15, -0.1) is 13.2 Å². The summed E-state index contributed by atoms with van der Waals surface area (Å²) in [4.78, 5) is 0. The molecule has 6 fully saturated rings. The molecule has 0 aromatic heterocycles. The fourth-order valence-electron chi connectivity index (χ4n) is 11.3. The molecule has 0 aliphatic heterocycles. The van der Waals surface area contributed by atoms with Gasteiger partial charge in [-0.2, -0.15) is 0 Å². The zero-order valence-corrected chi connectivity index (χ0v) is 32.3. The molecule has 0 heteroatoms. The third-order valence-corrected chi connectivity index (χ3v) is 15.0. The molecule has 0 unspecified atom stereocenters. The smallest absolute Gasteiger partial charge is 0.0233 e. The lowest BCUT2D eigenvalue weighted by Crippen LogP contribution is -2.25. The van der Waals surface area contributed by atoms with Crippen molar-refractivity contribution in [2.75, 3.05) is 0 Å².